The monoisotopic (exact) mass is 159 g/mol. The summed E-state index contributed by atoms with van der Waals surface area (Å²) >= 11 is 5.06. The molecule has 10 heavy (non-hydrogen) atoms. The lowest BCUT2D eigenvalue weighted by molar-refractivity contribution is 0.222. The van der Waals surface area contributed by atoms with Crippen LogP contribution in [0, 0.1) is 0 Å². The summed E-state index contributed by atoms with van der Waals surface area (Å²) in [7, 11) is 0. The standard InChI is InChI=1S/C5H6ClN3O/c6-8-5(10)9-3-1-2-7-4-9/h1-3H,4H2,(H,8,10). The number of aliphatic imine (C=N–C) groups is 1. The van der Waals surface area contributed by atoms with Gasteiger partial charge in [-0.15, -0.1) is 0 Å². The van der Waals surface area contributed by atoms with Gasteiger partial charge in [0.15, 0.2) is 0 Å². The van der Waals surface area contributed by atoms with Crippen molar-refractivity contribution >= 4 is 24.0 Å². The third kappa shape index (κ3) is 1.48. The van der Waals surface area contributed by atoms with E-state index in [0.29, 0.717) is 6.67 Å². The lowest BCUT2D eigenvalue weighted by Crippen LogP contribution is -2.32. The van der Waals surface area contributed by atoms with Crippen LogP contribution in [0.1, 0.15) is 0 Å². The van der Waals surface area contributed by atoms with Gasteiger partial charge in [0.25, 0.3) is 0 Å². The largest absolute Gasteiger partial charge is 0.337 e. The molecule has 5 heteroatoms. The summed E-state index contributed by atoms with van der Waals surface area (Å²) in [4.78, 5) is 17.9. The van der Waals surface area contributed by atoms with Gasteiger partial charge < -0.3 is 0 Å². The summed E-state index contributed by atoms with van der Waals surface area (Å²) in [5, 5.41) is 0. The molecule has 0 bridgehead atoms. The summed E-state index contributed by atoms with van der Waals surface area (Å²) < 4.78 is 0. The highest BCUT2D eigenvalue weighted by atomic mass is 35.5. The minimum absolute atomic E-state index is 0.328. The Kier molecular flexibility index (Phi) is 2.28. The molecule has 54 valence electrons. The van der Waals surface area contributed by atoms with Crippen LogP contribution in [0.15, 0.2) is 17.3 Å². The summed E-state index contributed by atoms with van der Waals surface area (Å²) in [6.07, 6.45) is 4.89. The molecule has 0 aromatic heterocycles. The molecule has 0 saturated heterocycles. The predicted molar refractivity (Wildman–Crippen MR) is 38.7 cm³/mol. The van der Waals surface area contributed by atoms with Gasteiger partial charge in [-0.1, -0.05) is 0 Å². The summed E-state index contributed by atoms with van der Waals surface area (Å²) in [5.74, 6) is 0. The number of carbonyl (C=O) groups is 1. The van der Waals surface area contributed by atoms with Gasteiger partial charge in [-0.3, -0.25) is 9.89 Å². The Morgan fingerprint density at radius 2 is 2.60 bits per heavy atom. The van der Waals surface area contributed by atoms with Crippen molar-refractivity contribution < 1.29 is 4.79 Å². The van der Waals surface area contributed by atoms with Gasteiger partial charge in [0, 0.05) is 24.2 Å². The number of urea groups is 1. The number of halogens is 1. The summed E-state index contributed by atoms with van der Waals surface area (Å²) in [6, 6.07) is -0.366. The lowest BCUT2D eigenvalue weighted by atomic mass is 10.5. The van der Waals surface area contributed by atoms with Crippen molar-refractivity contribution in [2.24, 2.45) is 4.99 Å². The molecule has 1 aliphatic rings. The summed E-state index contributed by atoms with van der Waals surface area (Å²) in [5.41, 5.74) is 0. The number of nitrogens with one attached hydrogen (secondary N) is 1. The Labute approximate surface area is 63.3 Å². The van der Waals surface area contributed by atoms with E-state index in [-0.39, 0.29) is 6.03 Å². The van der Waals surface area contributed by atoms with Crippen molar-refractivity contribution in [1.29, 1.82) is 0 Å². The summed E-state index contributed by atoms with van der Waals surface area (Å²) in [6.45, 7) is 0.328. The molecule has 4 nitrogen and oxygen atoms in total. The smallest absolute Gasteiger partial charge is 0.280 e. The van der Waals surface area contributed by atoms with Crippen LogP contribution in [0.2, 0.25) is 0 Å². The van der Waals surface area contributed by atoms with Crippen molar-refractivity contribution in [3.05, 3.63) is 12.3 Å². The average molecular weight is 160 g/mol. The van der Waals surface area contributed by atoms with Gasteiger partial charge in [0.1, 0.15) is 6.67 Å². The van der Waals surface area contributed by atoms with Gasteiger partial charge in [-0.2, -0.15) is 0 Å². The van der Waals surface area contributed by atoms with Gasteiger partial charge in [0.2, 0.25) is 0 Å². The van der Waals surface area contributed by atoms with E-state index >= 15 is 0 Å². The highest BCUT2D eigenvalue weighted by molar-refractivity contribution is 6.21. The molecule has 0 fully saturated rings. The van der Waals surface area contributed by atoms with E-state index in [0.717, 1.165) is 0 Å². The normalized spacial score (nSPS) is 15.5. The van der Waals surface area contributed by atoms with E-state index in [4.69, 9.17) is 11.8 Å². The minimum atomic E-state index is -0.366. The van der Waals surface area contributed by atoms with Gasteiger partial charge in [-0.25, -0.2) is 9.63 Å². The van der Waals surface area contributed by atoms with E-state index in [1.807, 2.05) is 4.84 Å². The second-order valence-corrected chi connectivity index (χ2v) is 1.87. The first-order valence-corrected chi connectivity index (χ1v) is 3.06. The molecule has 1 N–H and O–H groups in total. The number of hydrogen-bond acceptors (Lipinski definition) is 2. The first kappa shape index (κ1) is 7.08. The van der Waals surface area contributed by atoms with Crippen molar-refractivity contribution in [3.8, 4) is 0 Å². The maximum atomic E-state index is 10.7. The molecular weight excluding hydrogens is 154 g/mol. The number of rotatable bonds is 0. The topological polar surface area (TPSA) is 44.7 Å². The molecule has 0 atom stereocenters. The fourth-order valence-corrected chi connectivity index (χ4v) is 0.680. The average Bonchev–Trinajstić information content (AvgIpc) is 2.05. The Balaban J connectivity index is 2.51. The van der Waals surface area contributed by atoms with Crippen molar-refractivity contribution in [1.82, 2.24) is 9.74 Å². The van der Waals surface area contributed by atoms with E-state index in [1.165, 1.54) is 4.90 Å². The quantitative estimate of drug-likeness (QED) is 0.520. The predicted octanol–water partition coefficient (Wildman–Crippen LogP) is 0.707. The fraction of sp³-hybridized carbons (Fsp3) is 0.200. The molecule has 1 heterocycles. The lowest BCUT2D eigenvalue weighted by Gasteiger charge is -2.15. The van der Waals surface area contributed by atoms with Crippen LogP contribution >= 0.6 is 11.8 Å². The molecular formula is C5H6ClN3O. The van der Waals surface area contributed by atoms with Crippen LogP contribution < -0.4 is 4.84 Å². The maximum Gasteiger partial charge on any atom is 0.337 e. The molecule has 0 aromatic carbocycles. The van der Waals surface area contributed by atoms with Crippen LogP contribution in [-0.4, -0.2) is 23.8 Å². The molecule has 0 spiro atoms. The molecule has 2 amide bonds. The number of carbonyl (C=O) groups excluding carboxylic acids is 1. The molecule has 0 unspecified atom stereocenters. The van der Waals surface area contributed by atoms with Crippen molar-refractivity contribution in [2.45, 2.75) is 0 Å². The van der Waals surface area contributed by atoms with E-state index < -0.39 is 0 Å². The zero-order chi connectivity index (χ0) is 7.40. The second-order valence-electron chi connectivity index (χ2n) is 1.68. The van der Waals surface area contributed by atoms with Crippen molar-refractivity contribution in [3.63, 3.8) is 0 Å². The minimum Gasteiger partial charge on any atom is -0.280 e. The van der Waals surface area contributed by atoms with E-state index in [2.05, 4.69) is 4.99 Å². The van der Waals surface area contributed by atoms with Gasteiger partial charge in [0.05, 0.1) is 0 Å². The molecule has 0 radical (unpaired) electrons. The molecule has 0 aliphatic carbocycles. The number of nitrogens with zero attached hydrogens (tertiary/aromatic N) is 2. The van der Waals surface area contributed by atoms with Crippen LogP contribution in [0.25, 0.3) is 0 Å². The van der Waals surface area contributed by atoms with Gasteiger partial charge >= 0.3 is 6.03 Å². The number of amides is 2. The molecule has 1 aliphatic heterocycles. The van der Waals surface area contributed by atoms with E-state index in [9.17, 15) is 4.79 Å². The number of allylic oxidation sites excluding steroid dienone is 1. The molecule has 0 aromatic rings. The third-order valence-corrected chi connectivity index (χ3v) is 1.19. The number of hydrogen-bond donors (Lipinski definition) is 1. The first-order valence-electron chi connectivity index (χ1n) is 2.68. The Morgan fingerprint density at radius 3 is 3.10 bits per heavy atom. The van der Waals surface area contributed by atoms with E-state index in [1.54, 1.807) is 18.5 Å². The first-order chi connectivity index (χ1) is 4.84. The third-order valence-electron chi connectivity index (χ3n) is 1.03. The highest BCUT2D eigenvalue weighted by Crippen LogP contribution is 1.95. The van der Waals surface area contributed by atoms with Crippen molar-refractivity contribution in [2.75, 3.05) is 6.67 Å². The van der Waals surface area contributed by atoms with Crippen LogP contribution in [0.4, 0.5) is 4.79 Å². The Bertz CT molecular complexity index is 189. The van der Waals surface area contributed by atoms with Crippen LogP contribution in [-0.2, 0) is 0 Å². The molecule has 1 rings (SSSR count). The molecule has 0 saturated carbocycles. The fourth-order valence-electron chi connectivity index (χ4n) is 0.572. The Morgan fingerprint density at radius 1 is 1.80 bits per heavy atom. The maximum absolute atomic E-state index is 10.7. The van der Waals surface area contributed by atoms with Crippen LogP contribution in [0.3, 0.4) is 0 Å². The van der Waals surface area contributed by atoms with Gasteiger partial charge in [-0.05, 0) is 6.08 Å². The zero-order valence-corrected chi connectivity index (χ0v) is 5.88. The highest BCUT2D eigenvalue weighted by Gasteiger charge is 2.08. The Hall–Kier alpha value is -1.03. The SMILES string of the molecule is O=C(NCl)N1C=CC=NC1. The van der Waals surface area contributed by atoms with Crippen LogP contribution in [0.5, 0.6) is 0 Å². The zero-order valence-electron chi connectivity index (χ0n) is 5.12. The second kappa shape index (κ2) is 3.22.